The molecular weight excluding hydrogens is 288 g/mol. The molecule has 0 saturated carbocycles. The number of carbonyl (C=O) groups excluding carboxylic acids is 1. The predicted molar refractivity (Wildman–Crippen MR) is 75.6 cm³/mol. The van der Waals surface area contributed by atoms with Gasteiger partial charge in [-0.25, -0.2) is 0 Å². The Balaban J connectivity index is 0.00000180. The van der Waals surface area contributed by atoms with Gasteiger partial charge in [0.1, 0.15) is 6.04 Å². The molecule has 1 aliphatic heterocycles. The highest BCUT2D eigenvalue weighted by Crippen LogP contribution is 2.16. The van der Waals surface area contributed by atoms with E-state index in [1.807, 2.05) is 17.5 Å². The van der Waals surface area contributed by atoms with Crippen molar-refractivity contribution in [3.63, 3.8) is 0 Å². The molecular formula is C12H17ClN2O3S. The molecule has 0 bridgehead atoms. The molecule has 1 fully saturated rings. The fourth-order valence-electron chi connectivity index (χ4n) is 2.13. The molecule has 0 radical (unpaired) electrons. The standard InChI is InChI=1S/C12H16N2O3S.ClH/c15-11(13-7-9-3-2-6-18-9)8-14-5-1-4-10(14)12(16)17;/h2-3,6,10H,1,4-5,7-8H2,(H,13,15)(H,16,17);1H/t10-;/m1./s1. The molecule has 0 unspecified atom stereocenters. The molecule has 7 heteroatoms. The van der Waals surface area contributed by atoms with E-state index in [2.05, 4.69) is 5.32 Å². The first-order valence-electron chi connectivity index (χ1n) is 5.93. The van der Waals surface area contributed by atoms with E-state index < -0.39 is 12.0 Å². The minimum Gasteiger partial charge on any atom is -0.480 e. The lowest BCUT2D eigenvalue weighted by atomic mass is 10.2. The third-order valence-corrected chi connectivity index (χ3v) is 3.91. The Morgan fingerprint density at radius 3 is 2.95 bits per heavy atom. The van der Waals surface area contributed by atoms with Crippen molar-refractivity contribution in [1.82, 2.24) is 10.2 Å². The van der Waals surface area contributed by atoms with Crippen LogP contribution in [0.25, 0.3) is 0 Å². The highest BCUT2D eigenvalue weighted by Gasteiger charge is 2.31. The van der Waals surface area contributed by atoms with Gasteiger partial charge in [0.15, 0.2) is 0 Å². The van der Waals surface area contributed by atoms with E-state index in [0.29, 0.717) is 19.5 Å². The van der Waals surface area contributed by atoms with Crippen LogP contribution in [0.15, 0.2) is 17.5 Å². The summed E-state index contributed by atoms with van der Waals surface area (Å²) in [4.78, 5) is 25.5. The smallest absolute Gasteiger partial charge is 0.320 e. The SMILES string of the molecule is Cl.O=C(CN1CCC[C@@H]1C(=O)O)NCc1cccs1. The summed E-state index contributed by atoms with van der Waals surface area (Å²) in [5.41, 5.74) is 0. The Morgan fingerprint density at radius 1 is 1.53 bits per heavy atom. The number of aliphatic carboxylic acids is 1. The molecule has 5 nitrogen and oxygen atoms in total. The summed E-state index contributed by atoms with van der Waals surface area (Å²) >= 11 is 1.59. The number of nitrogens with zero attached hydrogens (tertiary/aromatic N) is 1. The minimum atomic E-state index is -0.835. The van der Waals surface area contributed by atoms with E-state index in [4.69, 9.17) is 5.11 Å². The van der Waals surface area contributed by atoms with Gasteiger partial charge in [-0.05, 0) is 30.8 Å². The van der Waals surface area contributed by atoms with Crippen LogP contribution < -0.4 is 5.32 Å². The van der Waals surface area contributed by atoms with Crippen molar-refractivity contribution in [2.24, 2.45) is 0 Å². The lowest BCUT2D eigenvalue weighted by Gasteiger charge is -2.20. The van der Waals surface area contributed by atoms with Crippen LogP contribution >= 0.6 is 23.7 Å². The van der Waals surface area contributed by atoms with Gasteiger partial charge in [-0.15, -0.1) is 23.7 Å². The molecule has 1 amide bonds. The number of amides is 1. The second-order valence-corrected chi connectivity index (χ2v) is 5.36. The molecule has 0 spiro atoms. The van der Waals surface area contributed by atoms with Crippen LogP contribution in [0.3, 0.4) is 0 Å². The predicted octanol–water partition coefficient (Wildman–Crippen LogP) is 1.34. The van der Waals surface area contributed by atoms with Crippen molar-refractivity contribution < 1.29 is 14.7 Å². The summed E-state index contributed by atoms with van der Waals surface area (Å²) in [6, 6.07) is 3.39. The topological polar surface area (TPSA) is 69.6 Å². The zero-order valence-electron chi connectivity index (χ0n) is 10.4. The molecule has 1 aliphatic rings. The van der Waals surface area contributed by atoms with Crippen LogP contribution in [0.4, 0.5) is 0 Å². The van der Waals surface area contributed by atoms with Crippen molar-refractivity contribution in [3.8, 4) is 0 Å². The number of rotatable bonds is 5. The molecule has 19 heavy (non-hydrogen) atoms. The average Bonchev–Trinajstić information content (AvgIpc) is 2.96. The van der Waals surface area contributed by atoms with Gasteiger partial charge in [-0.2, -0.15) is 0 Å². The molecule has 1 aromatic heterocycles. The second-order valence-electron chi connectivity index (χ2n) is 4.32. The Labute approximate surface area is 122 Å². The van der Waals surface area contributed by atoms with E-state index in [1.54, 1.807) is 16.2 Å². The van der Waals surface area contributed by atoms with Crippen LogP contribution in [0, 0.1) is 0 Å². The van der Waals surface area contributed by atoms with E-state index in [9.17, 15) is 9.59 Å². The van der Waals surface area contributed by atoms with Crippen LogP contribution in [-0.2, 0) is 16.1 Å². The third-order valence-electron chi connectivity index (χ3n) is 3.04. The number of nitrogens with one attached hydrogen (secondary N) is 1. The number of carboxylic acid groups (broad SMARTS) is 1. The Bertz CT molecular complexity index is 425. The molecule has 0 aliphatic carbocycles. The lowest BCUT2D eigenvalue weighted by Crippen LogP contribution is -2.42. The molecule has 0 aromatic carbocycles. The zero-order chi connectivity index (χ0) is 13.0. The second kappa shape index (κ2) is 7.47. The maximum Gasteiger partial charge on any atom is 0.320 e. The van der Waals surface area contributed by atoms with Gasteiger partial charge in [0, 0.05) is 4.88 Å². The summed E-state index contributed by atoms with van der Waals surface area (Å²) in [5.74, 6) is -0.949. The summed E-state index contributed by atoms with van der Waals surface area (Å²) in [5, 5.41) is 13.8. The van der Waals surface area contributed by atoms with Gasteiger partial charge in [-0.1, -0.05) is 6.07 Å². The lowest BCUT2D eigenvalue weighted by molar-refractivity contribution is -0.142. The van der Waals surface area contributed by atoms with Gasteiger partial charge in [0.05, 0.1) is 13.1 Å². The molecule has 106 valence electrons. The molecule has 2 N–H and O–H groups in total. The van der Waals surface area contributed by atoms with Crippen LogP contribution in [0.5, 0.6) is 0 Å². The maximum absolute atomic E-state index is 11.7. The van der Waals surface area contributed by atoms with Gasteiger partial charge < -0.3 is 10.4 Å². The Kier molecular flexibility index (Phi) is 6.27. The number of hydrogen-bond acceptors (Lipinski definition) is 4. The number of thiophene rings is 1. The molecule has 1 atom stereocenters. The number of hydrogen-bond donors (Lipinski definition) is 2. The van der Waals surface area contributed by atoms with Crippen molar-refractivity contribution in [1.29, 1.82) is 0 Å². The van der Waals surface area contributed by atoms with Crippen molar-refractivity contribution in [3.05, 3.63) is 22.4 Å². The van der Waals surface area contributed by atoms with E-state index in [0.717, 1.165) is 11.3 Å². The highest BCUT2D eigenvalue weighted by atomic mass is 35.5. The first kappa shape index (κ1) is 15.9. The van der Waals surface area contributed by atoms with Gasteiger partial charge in [0.2, 0.25) is 5.91 Å². The fraction of sp³-hybridized carbons (Fsp3) is 0.500. The largest absolute Gasteiger partial charge is 0.480 e. The van der Waals surface area contributed by atoms with Crippen LogP contribution in [-0.4, -0.2) is 41.0 Å². The van der Waals surface area contributed by atoms with Gasteiger partial charge >= 0.3 is 5.97 Å². The zero-order valence-corrected chi connectivity index (χ0v) is 12.0. The summed E-state index contributed by atoms with van der Waals surface area (Å²) in [6.07, 6.45) is 1.47. The van der Waals surface area contributed by atoms with E-state index in [1.165, 1.54) is 0 Å². The minimum absolute atomic E-state index is 0. The van der Waals surface area contributed by atoms with Crippen molar-refractivity contribution in [2.75, 3.05) is 13.1 Å². The van der Waals surface area contributed by atoms with Crippen LogP contribution in [0.2, 0.25) is 0 Å². The Hall–Kier alpha value is -1.11. The number of carbonyl (C=O) groups is 2. The quantitative estimate of drug-likeness (QED) is 0.861. The fourth-order valence-corrected chi connectivity index (χ4v) is 2.78. The molecule has 1 saturated heterocycles. The van der Waals surface area contributed by atoms with Crippen molar-refractivity contribution >= 4 is 35.6 Å². The summed E-state index contributed by atoms with van der Waals surface area (Å²) in [7, 11) is 0. The third kappa shape index (κ3) is 4.49. The normalized spacial score (nSPS) is 18.8. The van der Waals surface area contributed by atoms with Gasteiger partial charge in [-0.3, -0.25) is 14.5 Å². The highest BCUT2D eigenvalue weighted by molar-refractivity contribution is 7.09. The number of likely N-dealkylation sites (tertiary alicyclic amines) is 1. The monoisotopic (exact) mass is 304 g/mol. The Morgan fingerprint density at radius 2 is 2.32 bits per heavy atom. The number of carboxylic acids is 1. The molecule has 2 heterocycles. The first-order chi connectivity index (χ1) is 8.66. The van der Waals surface area contributed by atoms with Gasteiger partial charge in [0.25, 0.3) is 0 Å². The van der Waals surface area contributed by atoms with Crippen LogP contribution in [0.1, 0.15) is 17.7 Å². The first-order valence-corrected chi connectivity index (χ1v) is 6.80. The summed E-state index contributed by atoms with van der Waals surface area (Å²) in [6.45, 7) is 1.37. The molecule has 1 aromatic rings. The average molecular weight is 305 g/mol. The van der Waals surface area contributed by atoms with E-state index in [-0.39, 0.29) is 24.9 Å². The van der Waals surface area contributed by atoms with E-state index >= 15 is 0 Å². The summed E-state index contributed by atoms with van der Waals surface area (Å²) < 4.78 is 0. The molecule has 2 rings (SSSR count). The maximum atomic E-state index is 11.7. The van der Waals surface area contributed by atoms with Crippen molar-refractivity contribution in [2.45, 2.75) is 25.4 Å². The number of halogens is 1.